The molecule has 1 aromatic carbocycles. The van der Waals surface area contributed by atoms with Crippen LogP contribution in [0.25, 0.3) is 11.1 Å². The SMILES string of the molecule is O=C1CC(S)CN1c1nc2cc(Br)ccc2o1. The van der Waals surface area contributed by atoms with Crippen LogP contribution in [0, 0.1) is 0 Å². The zero-order valence-electron chi connectivity index (χ0n) is 8.76. The summed E-state index contributed by atoms with van der Waals surface area (Å²) in [5, 5.41) is 0.0595. The number of oxazole rings is 1. The summed E-state index contributed by atoms with van der Waals surface area (Å²) >= 11 is 7.67. The van der Waals surface area contributed by atoms with E-state index in [2.05, 4.69) is 33.5 Å². The molecular weight excluding hydrogens is 304 g/mol. The number of fused-ring (bicyclic) bond motifs is 1. The Bertz CT molecular complexity index is 598. The third kappa shape index (κ3) is 1.95. The van der Waals surface area contributed by atoms with E-state index in [4.69, 9.17) is 4.42 Å². The van der Waals surface area contributed by atoms with Gasteiger partial charge in [0, 0.05) is 22.7 Å². The van der Waals surface area contributed by atoms with Gasteiger partial charge in [0.05, 0.1) is 0 Å². The summed E-state index contributed by atoms with van der Waals surface area (Å²) in [6, 6.07) is 5.93. The van der Waals surface area contributed by atoms with Crippen LogP contribution in [0.1, 0.15) is 6.42 Å². The number of nitrogens with zero attached hydrogens (tertiary/aromatic N) is 2. The van der Waals surface area contributed by atoms with Crippen LogP contribution in [0.2, 0.25) is 0 Å². The van der Waals surface area contributed by atoms with Crippen LogP contribution < -0.4 is 4.90 Å². The lowest BCUT2D eigenvalue weighted by Crippen LogP contribution is -2.24. The molecule has 1 unspecified atom stereocenters. The number of hydrogen-bond acceptors (Lipinski definition) is 4. The predicted octanol–water partition coefficient (Wildman–Crippen LogP) is 2.63. The number of benzene rings is 1. The van der Waals surface area contributed by atoms with Crippen LogP contribution >= 0.6 is 28.6 Å². The molecule has 1 fully saturated rings. The quantitative estimate of drug-likeness (QED) is 0.823. The van der Waals surface area contributed by atoms with E-state index in [9.17, 15) is 4.79 Å². The zero-order chi connectivity index (χ0) is 12.0. The number of aromatic nitrogens is 1. The molecule has 0 saturated carbocycles. The maximum absolute atomic E-state index is 11.7. The van der Waals surface area contributed by atoms with E-state index >= 15 is 0 Å². The second-order valence-electron chi connectivity index (χ2n) is 3.97. The summed E-state index contributed by atoms with van der Waals surface area (Å²) in [6.07, 6.45) is 0.436. The van der Waals surface area contributed by atoms with Crippen molar-refractivity contribution < 1.29 is 9.21 Å². The van der Waals surface area contributed by atoms with Crippen LogP contribution in [-0.2, 0) is 4.79 Å². The van der Waals surface area contributed by atoms with E-state index in [1.165, 1.54) is 0 Å². The van der Waals surface area contributed by atoms with Crippen molar-refractivity contribution in [3.05, 3.63) is 22.7 Å². The molecule has 1 atom stereocenters. The summed E-state index contributed by atoms with van der Waals surface area (Å²) in [5.41, 5.74) is 1.42. The fourth-order valence-electron chi connectivity index (χ4n) is 1.88. The zero-order valence-corrected chi connectivity index (χ0v) is 11.2. The minimum atomic E-state index is 0.00984. The van der Waals surface area contributed by atoms with Gasteiger partial charge in [-0.15, -0.1) is 0 Å². The Labute approximate surface area is 112 Å². The number of carbonyl (C=O) groups excluding carboxylic acids is 1. The van der Waals surface area contributed by atoms with Gasteiger partial charge in [-0.25, -0.2) is 0 Å². The molecule has 2 heterocycles. The third-order valence-electron chi connectivity index (χ3n) is 2.67. The fourth-order valence-corrected chi connectivity index (χ4v) is 2.55. The van der Waals surface area contributed by atoms with Crippen LogP contribution in [0.15, 0.2) is 27.1 Å². The maximum atomic E-state index is 11.7. The number of thiol groups is 1. The molecule has 1 aromatic heterocycles. The number of halogens is 1. The Hall–Kier alpha value is -1.01. The van der Waals surface area contributed by atoms with Crippen molar-refractivity contribution in [1.29, 1.82) is 0 Å². The smallest absolute Gasteiger partial charge is 0.305 e. The molecule has 17 heavy (non-hydrogen) atoms. The van der Waals surface area contributed by atoms with Gasteiger partial charge in [-0.05, 0) is 18.2 Å². The van der Waals surface area contributed by atoms with Gasteiger partial charge in [0.15, 0.2) is 5.58 Å². The van der Waals surface area contributed by atoms with Crippen molar-refractivity contribution >= 4 is 51.6 Å². The minimum Gasteiger partial charge on any atom is -0.423 e. The lowest BCUT2D eigenvalue weighted by Gasteiger charge is -2.09. The number of rotatable bonds is 1. The molecule has 0 spiro atoms. The molecule has 3 rings (SSSR count). The average Bonchev–Trinajstić information content (AvgIpc) is 2.80. The Balaban J connectivity index is 2.03. The number of carbonyl (C=O) groups is 1. The van der Waals surface area contributed by atoms with E-state index in [-0.39, 0.29) is 11.2 Å². The summed E-state index contributed by atoms with van der Waals surface area (Å²) in [4.78, 5) is 17.6. The normalized spacial score (nSPS) is 20.5. The van der Waals surface area contributed by atoms with Crippen LogP contribution in [-0.4, -0.2) is 22.7 Å². The van der Waals surface area contributed by atoms with Gasteiger partial charge in [-0.1, -0.05) is 15.9 Å². The second kappa shape index (κ2) is 4.03. The Morgan fingerprint density at radius 1 is 1.53 bits per heavy atom. The van der Waals surface area contributed by atoms with Gasteiger partial charge in [-0.3, -0.25) is 9.69 Å². The van der Waals surface area contributed by atoms with Crippen molar-refractivity contribution in [2.75, 3.05) is 11.4 Å². The van der Waals surface area contributed by atoms with E-state index < -0.39 is 0 Å². The summed E-state index contributed by atoms with van der Waals surface area (Å²) in [6.45, 7) is 0.552. The molecule has 6 heteroatoms. The standard InChI is InChI=1S/C11H9BrN2O2S/c12-6-1-2-9-8(3-6)13-11(16-9)14-5-7(17)4-10(14)15/h1-3,7,17H,4-5H2. The highest BCUT2D eigenvalue weighted by molar-refractivity contribution is 9.10. The van der Waals surface area contributed by atoms with Crippen molar-refractivity contribution in [3.8, 4) is 0 Å². The highest BCUT2D eigenvalue weighted by Gasteiger charge is 2.31. The first-order chi connectivity index (χ1) is 8.13. The highest BCUT2D eigenvalue weighted by Crippen LogP contribution is 2.28. The van der Waals surface area contributed by atoms with Gasteiger partial charge in [0.25, 0.3) is 0 Å². The van der Waals surface area contributed by atoms with Crippen molar-refractivity contribution in [2.45, 2.75) is 11.7 Å². The molecular formula is C11H9BrN2O2S. The Kier molecular flexibility index (Phi) is 2.63. The maximum Gasteiger partial charge on any atom is 0.305 e. The fraction of sp³-hybridized carbons (Fsp3) is 0.273. The van der Waals surface area contributed by atoms with Crippen molar-refractivity contribution in [1.82, 2.24) is 4.98 Å². The molecule has 0 bridgehead atoms. The summed E-state index contributed by atoms with van der Waals surface area (Å²) < 4.78 is 6.50. The summed E-state index contributed by atoms with van der Waals surface area (Å²) in [7, 11) is 0. The molecule has 0 radical (unpaired) electrons. The highest BCUT2D eigenvalue weighted by atomic mass is 79.9. The topological polar surface area (TPSA) is 46.3 Å². The van der Waals surface area contributed by atoms with E-state index in [0.29, 0.717) is 24.6 Å². The molecule has 1 saturated heterocycles. The second-order valence-corrected chi connectivity index (χ2v) is 5.62. The largest absolute Gasteiger partial charge is 0.423 e. The molecule has 1 amide bonds. The first kappa shape index (κ1) is 11.1. The first-order valence-electron chi connectivity index (χ1n) is 5.18. The van der Waals surface area contributed by atoms with E-state index in [0.717, 1.165) is 9.99 Å². The number of anilines is 1. The Morgan fingerprint density at radius 2 is 2.35 bits per heavy atom. The van der Waals surface area contributed by atoms with Gasteiger partial charge in [0.2, 0.25) is 5.91 Å². The lowest BCUT2D eigenvalue weighted by atomic mass is 10.3. The monoisotopic (exact) mass is 312 g/mol. The molecule has 4 nitrogen and oxygen atoms in total. The summed E-state index contributed by atoms with van der Waals surface area (Å²) in [5.74, 6) is 0.00984. The van der Waals surface area contributed by atoms with Crippen molar-refractivity contribution in [3.63, 3.8) is 0 Å². The van der Waals surface area contributed by atoms with E-state index in [1.54, 1.807) is 4.90 Å². The average molecular weight is 313 g/mol. The van der Waals surface area contributed by atoms with Crippen LogP contribution in [0.3, 0.4) is 0 Å². The predicted molar refractivity (Wildman–Crippen MR) is 71.5 cm³/mol. The molecule has 2 aromatic rings. The van der Waals surface area contributed by atoms with Gasteiger partial charge in [-0.2, -0.15) is 17.6 Å². The number of hydrogen-bond donors (Lipinski definition) is 1. The molecule has 88 valence electrons. The molecule has 0 aliphatic carbocycles. The Morgan fingerprint density at radius 3 is 3.06 bits per heavy atom. The number of amides is 1. The van der Waals surface area contributed by atoms with Gasteiger partial charge in [0.1, 0.15) is 5.52 Å². The van der Waals surface area contributed by atoms with Crippen LogP contribution in [0.5, 0.6) is 0 Å². The van der Waals surface area contributed by atoms with Crippen molar-refractivity contribution in [2.24, 2.45) is 0 Å². The molecule has 0 N–H and O–H groups in total. The van der Waals surface area contributed by atoms with Gasteiger partial charge < -0.3 is 4.42 Å². The third-order valence-corrected chi connectivity index (χ3v) is 3.51. The van der Waals surface area contributed by atoms with E-state index in [1.807, 2.05) is 18.2 Å². The molecule has 1 aliphatic rings. The van der Waals surface area contributed by atoms with Gasteiger partial charge >= 0.3 is 6.01 Å². The minimum absolute atomic E-state index is 0.00984. The first-order valence-corrected chi connectivity index (χ1v) is 6.49. The lowest BCUT2D eigenvalue weighted by molar-refractivity contribution is -0.117. The van der Waals surface area contributed by atoms with Crippen LogP contribution in [0.4, 0.5) is 6.01 Å². The molecule has 1 aliphatic heterocycles.